The van der Waals surface area contributed by atoms with Gasteiger partial charge < -0.3 is 18.3 Å². The van der Waals surface area contributed by atoms with Gasteiger partial charge in [0.15, 0.2) is 0 Å². The van der Waals surface area contributed by atoms with Crippen molar-refractivity contribution in [2.45, 2.75) is 31.9 Å². The predicted octanol–water partition coefficient (Wildman–Crippen LogP) is 2.18. The van der Waals surface area contributed by atoms with Crippen LogP contribution in [0.2, 0.25) is 11.6 Å². The molecule has 0 bridgehead atoms. The summed E-state index contributed by atoms with van der Waals surface area (Å²) in [5.74, 6) is 0. The zero-order valence-corrected chi connectivity index (χ0v) is 12.7. The summed E-state index contributed by atoms with van der Waals surface area (Å²) in [5, 5.41) is 0. The Labute approximate surface area is 106 Å². The Bertz CT molecular complexity index is 218. The number of rotatable bonds is 8. The highest BCUT2D eigenvalue weighted by molar-refractivity contribution is 6.69. The molecule has 1 atom stereocenters. The molecule has 0 aromatic carbocycles. The SMILES string of the molecule is CC[Si](OC)(OC)C(CCOC)C1(C)COC1. The topological polar surface area (TPSA) is 36.9 Å². The van der Waals surface area contributed by atoms with Crippen molar-refractivity contribution in [2.75, 3.05) is 41.2 Å². The Kier molecular flexibility index (Phi) is 5.59. The van der Waals surface area contributed by atoms with Crippen LogP contribution < -0.4 is 0 Å². The van der Waals surface area contributed by atoms with Gasteiger partial charge in [0, 0.05) is 38.9 Å². The van der Waals surface area contributed by atoms with E-state index in [9.17, 15) is 0 Å². The van der Waals surface area contributed by atoms with Crippen LogP contribution in [-0.4, -0.2) is 49.7 Å². The van der Waals surface area contributed by atoms with Crippen molar-refractivity contribution in [3.63, 3.8) is 0 Å². The van der Waals surface area contributed by atoms with Crippen molar-refractivity contribution in [1.29, 1.82) is 0 Å². The Balaban J connectivity index is 2.86. The van der Waals surface area contributed by atoms with Crippen molar-refractivity contribution in [2.24, 2.45) is 5.41 Å². The molecule has 1 rings (SSSR count). The molecule has 1 aliphatic rings. The van der Waals surface area contributed by atoms with E-state index in [4.69, 9.17) is 18.3 Å². The van der Waals surface area contributed by atoms with Gasteiger partial charge in [-0.3, -0.25) is 0 Å². The molecule has 5 heteroatoms. The average Bonchev–Trinajstić information content (AvgIpc) is 2.32. The van der Waals surface area contributed by atoms with E-state index in [1.54, 1.807) is 21.3 Å². The zero-order valence-electron chi connectivity index (χ0n) is 11.7. The quantitative estimate of drug-likeness (QED) is 0.628. The summed E-state index contributed by atoms with van der Waals surface area (Å²) in [6, 6.07) is 0.962. The highest BCUT2D eigenvalue weighted by atomic mass is 28.4. The summed E-state index contributed by atoms with van der Waals surface area (Å²) < 4.78 is 22.3. The number of hydrogen-bond acceptors (Lipinski definition) is 4. The Hall–Kier alpha value is 0.0569. The summed E-state index contributed by atoms with van der Waals surface area (Å²) >= 11 is 0. The Morgan fingerprint density at radius 3 is 2.12 bits per heavy atom. The van der Waals surface area contributed by atoms with Gasteiger partial charge in [0.25, 0.3) is 0 Å². The van der Waals surface area contributed by atoms with E-state index in [2.05, 4.69) is 13.8 Å². The van der Waals surface area contributed by atoms with Gasteiger partial charge in [0.05, 0.1) is 13.2 Å². The van der Waals surface area contributed by atoms with Gasteiger partial charge in [-0.15, -0.1) is 0 Å². The number of ether oxygens (including phenoxy) is 2. The molecule has 0 amide bonds. The molecular weight excluding hydrogens is 236 g/mol. The minimum absolute atomic E-state index is 0.187. The second-order valence-electron chi connectivity index (χ2n) is 5.05. The molecule has 1 fully saturated rings. The van der Waals surface area contributed by atoms with Crippen LogP contribution in [0.5, 0.6) is 0 Å². The molecule has 1 saturated heterocycles. The van der Waals surface area contributed by atoms with E-state index in [0.717, 1.165) is 32.3 Å². The van der Waals surface area contributed by atoms with Crippen molar-refractivity contribution < 1.29 is 18.3 Å². The standard InChI is InChI=1S/C12H26O4Si/c1-6-17(14-4,15-5)11(7-8-13-3)12(2)9-16-10-12/h11H,6-10H2,1-5H3. The first kappa shape index (κ1) is 15.1. The fraction of sp³-hybridized carbons (Fsp3) is 1.00. The summed E-state index contributed by atoms with van der Waals surface area (Å²) in [5.41, 5.74) is 0.607. The lowest BCUT2D eigenvalue weighted by Crippen LogP contribution is -2.57. The Morgan fingerprint density at radius 2 is 1.82 bits per heavy atom. The number of methoxy groups -OCH3 is 1. The largest absolute Gasteiger partial charge is 0.397 e. The van der Waals surface area contributed by atoms with Crippen molar-refractivity contribution >= 4 is 8.56 Å². The first-order valence-electron chi connectivity index (χ1n) is 6.25. The molecule has 0 saturated carbocycles. The number of hydrogen-bond donors (Lipinski definition) is 0. The summed E-state index contributed by atoms with van der Waals surface area (Å²) in [6.45, 7) is 6.79. The van der Waals surface area contributed by atoms with E-state index in [1.807, 2.05) is 0 Å². The third-order valence-electron chi connectivity index (χ3n) is 4.03. The summed E-state index contributed by atoms with van der Waals surface area (Å²) in [6.07, 6.45) is 0.984. The normalized spacial score (nSPS) is 21.0. The summed E-state index contributed by atoms with van der Waals surface area (Å²) in [4.78, 5) is 0. The first-order chi connectivity index (χ1) is 8.08. The van der Waals surface area contributed by atoms with Crippen molar-refractivity contribution in [1.82, 2.24) is 0 Å². The van der Waals surface area contributed by atoms with Gasteiger partial charge in [-0.1, -0.05) is 13.8 Å². The molecule has 1 unspecified atom stereocenters. The van der Waals surface area contributed by atoms with Crippen molar-refractivity contribution in [3.8, 4) is 0 Å². The van der Waals surface area contributed by atoms with Crippen LogP contribution in [-0.2, 0) is 18.3 Å². The molecule has 4 nitrogen and oxygen atoms in total. The minimum atomic E-state index is -2.15. The lowest BCUT2D eigenvalue weighted by atomic mass is 9.83. The first-order valence-corrected chi connectivity index (χ1v) is 8.35. The highest BCUT2D eigenvalue weighted by Crippen LogP contribution is 2.48. The van der Waals surface area contributed by atoms with Crippen LogP contribution in [0.3, 0.4) is 0 Å². The second kappa shape index (κ2) is 6.29. The van der Waals surface area contributed by atoms with Crippen LogP contribution in [0.1, 0.15) is 20.3 Å². The van der Waals surface area contributed by atoms with Gasteiger partial charge in [-0.25, -0.2) is 0 Å². The van der Waals surface area contributed by atoms with E-state index in [0.29, 0.717) is 5.54 Å². The fourth-order valence-corrected chi connectivity index (χ4v) is 6.46. The minimum Gasteiger partial charge on any atom is -0.397 e. The lowest BCUT2D eigenvalue weighted by Gasteiger charge is -2.50. The van der Waals surface area contributed by atoms with E-state index in [-0.39, 0.29) is 5.41 Å². The summed E-state index contributed by atoms with van der Waals surface area (Å²) in [7, 11) is 3.15. The fourth-order valence-electron chi connectivity index (χ4n) is 2.86. The maximum absolute atomic E-state index is 5.82. The molecule has 17 heavy (non-hydrogen) atoms. The highest BCUT2D eigenvalue weighted by Gasteiger charge is 2.54. The Morgan fingerprint density at radius 1 is 1.24 bits per heavy atom. The molecule has 102 valence electrons. The van der Waals surface area contributed by atoms with Crippen LogP contribution in [0.15, 0.2) is 0 Å². The predicted molar refractivity (Wildman–Crippen MR) is 69.4 cm³/mol. The zero-order chi connectivity index (χ0) is 12.9. The van der Waals surface area contributed by atoms with Crippen LogP contribution in [0, 0.1) is 5.41 Å². The maximum atomic E-state index is 5.82. The molecule has 0 N–H and O–H groups in total. The smallest absolute Gasteiger partial charge is 0.341 e. The lowest BCUT2D eigenvalue weighted by molar-refractivity contribution is -0.114. The van der Waals surface area contributed by atoms with Crippen LogP contribution in [0.25, 0.3) is 0 Å². The van der Waals surface area contributed by atoms with Crippen LogP contribution in [0.4, 0.5) is 0 Å². The van der Waals surface area contributed by atoms with Gasteiger partial charge in [-0.2, -0.15) is 0 Å². The van der Waals surface area contributed by atoms with E-state index < -0.39 is 8.56 Å². The second-order valence-corrected chi connectivity index (χ2v) is 8.90. The molecular formula is C12H26O4Si. The van der Waals surface area contributed by atoms with E-state index in [1.165, 1.54) is 0 Å². The molecule has 0 aromatic heterocycles. The maximum Gasteiger partial charge on any atom is 0.341 e. The molecule has 0 radical (unpaired) electrons. The van der Waals surface area contributed by atoms with Gasteiger partial charge in [0.1, 0.15) is 0 Å². The van der Waals surface area contributed by atoms with E-state index >= 15 is 0 Å². The molecule has 0 spiro atoms. The molecule has 0 aromatic rings. The van der Waals surface area contributed by atoms with Gasteiger partial charge >= 0.3 is 8.56 Å². The molecule has 0 aliphatic carbocycles. The third-order valence-corrected chi connectivity index (χ3v) is 8.45. The molecule has 1 heterocycles. The van der Waals surface area contributed by atoms with Gasteiger partial charge in [-0.05, 0) is 12.5 Å². The van der Waals surface area contributed by atoms with Crippen molar-refractivity contribution in [3.05, 3.63) is 0 Å². The average molecular weight is 262 g/mol. The van der Waals surface area contributed by atoms with Crippen LogP contribution >= 0.6 is 0 Å². The monoisotopic (exact) mass is 262 g/mol. The molecule has 1 aliphatic heterocycles. The van der Waals surface area contributed by atoms with Gasteiger partial charge in [0.2, 0.25) is 0 Å². The third kappa shape index (κ3) is 2.90.